The summed E-state index contributed by atoms with van der Waals surface area (Å²) in [5.74, 6) is 0.809. The van der Waals surface area contributed by atoms with E-state index in [9.17, 15) is 9.59 Å². The highest BCUT2D eigenvalue weighted by Crippen LogP contribution is 2.39. The summed E-state index contributed by atoms with van der Waals surface area (Å²) in [6, 6.07) is 3.78. The first-order valence-corrected chi connectivity index (χ1v) is 12.0. The molecule has 0 saturated carbocycles. The van der Waals surface area contributed by atoms with Crippen LogP contribution in [0.5, 0.6) is 11.5 Å². The molecule has 2 aliphatic heterocycles. The number of nitrogens with one attached hydrogen (secondary N) is 1. The predicted molar refractivity (Wildman–Crippen MR) is 126 cm³/mol. The summed E-state index contributed by atoms with van der Waals surface area (Å²) in [7, 11) is 0. The van der Waals surface area contributed by atoms with E-state index in [1.165, 1.54) is 0 Å². The van der Waals surface area contributed by atoms with E-state index >= 15 is 0 Å². The Labute approximate surface area is 196 Å². The summed E-state index contributed by atoms with van der Waals surface area (Å²) in [6.45, 7) is 11.4. The lowest BCUT2D eigenvalue weighted by molar-refractivity contribution is -0.150. The average molecular weight is 464 g/mol. The van der Waals surface area contributed by atoms with Crippen molar-refractivity contribution in [3.63, 3.8) is 0 Å². The van der Waals surface area contributed by atoms with Gasteiger partial charge in [-0.1, -0.05) is 0 Å². The molecule has 1 aromatic rings. The third-order valence-corrected chi connectivity index (χ3v) is 5.78. The van der Waals surface area contributed by atoms with Gasteiger partial charge in [-0.05, 0) is 40.2 Å². The van der Waals surface area contributed by atoms with Crippen LogP contribution in [-0.2, 0) is 19.1 Å². The highest BCUT2D eigenvalue weighted by atomic mass is 16.5. The molecule has 0 spiro atoms. The summed E-state index contributed by atoms with van der Waals surface area (Å²) >= 11 is 0. The molecule has 9 heteroatoms. The Hall–Kier alpha value is -2.52. The van der Waals surface area contributed by atoms with E-state index < -0.39 is 0 Å². The van der Waals surface area contributed by atoms with Crippen molar-refractivity contribution < 1.29 is 28.5 Å². The van der Waals surface area contributed by atoms with E-state index in [4.69, 9.17) is 18.9 Å². The zero-order chi connectivity index (χ0) is 23.6. The number of hydrogen-bond acceptors (Lipinski definition) is 8. The van der Waals surface area contributed by atoms with Crippen molar-refractivity contribution in [3.8, 4) is 11.5 Å². The third-order valence-electron chi connectivity index (χ3n) is 5.78. The molecular weight excluding hydrogens is 426 g/mol. The number of hydrogen-bond donors (Lipinski definition) is 1. The minimum Gasteiger partial charge on any atom is -0.492 e. The first kappa shape index (κ1) is 25.1. The zero-order valence-electron chi connectivity index (χ0n) is 20.1. The van der Waals surface area contributed by atoms with Gasteiger partial charge in [0, 0.05) is 31.8 Å². The molecule has 0 radical (unpaired) electrons. The molecule has 1 amide bonds. The van der Waals surface area contributed by atoms with E-state index in [0.717, 1.165) is 38.2 Å². The Kier molecular flexibility index (Phi) is 9.62. The van der Waals surface area contributed by atoms with Crippen molar-refractivity contribution in [1.82, 2.24) is 4.90 Å². The minimum absolute atomic E-state index is 0.151. The van der Waals surface area contributed by atoms with E-state index in [-0.39, 0.29) is 24.3 Å². The Balaban J connectivity index is 1.72. The standard InChI is InChI=1S/C24H37N3O6/c1-4-31-21-15-20(27-10-12-30-13-11-27)22(32-5-2)14-19(21)25-23(28)17-26-9-7-8-18(16-26)24(29)33-6-3/h14-15,18H,4-13,16-17H2,1-3H3,(H,25,28). The molecule has 3 rings (SSSR count). The number of esters is 1. The molecule has 0 bridgehead atoms. The fourth-order valence-corrected chi connectivity index (χ4v) is 4.29. The van der Waals surface area contributed by atoms with Crippen molar-refractivity contribution >= 4 is 23.3 Å². The lowest BCUT2D eigenvalue weighted by Gasteiger charge is -2.31. The fourth-order valence-electron chi connectivity index (χ4n) is 4.29. The first-order valence-electron chi connectivity index (χ1n) is 12.0. The van der Waals surface area contributed by atoms with Crippen LogP contribution in [0.3, 0.4) is 0 Å². The van der Waals surface area contributed by atoms with Crippen LogP contribution < -0.4 is 19.7 Å². The number of nitrogens with zero attached hydrogens (tertiary/aromatic N) is 2. The Morgan fingerprint density at radius 2 is 1.76 bits per heavy atom. The Bertz CT molecular complexity index is 797. The van der Waals surface area contributed by atoms with Crippen molar-refractivity contribution in [1.29, 1.82) is 0 Å². The number of anilines is 2. The van der Waals surface area contributed by atoms with E-state index in [0.29, 0.717) is 56.8 Å². The number of carbonyl (C=O) groups is 2. The van der Waals surface area contributed by atoms with Gasteiger partial charge in [-0.15, -0.1) is 0 Å². The molecule has 1 N–H and O–H groups in total. The minimum atomic E-state index is -0.179. The second kappa shape index (κ2) is 12.6. The zero-order valence-corrected chi connectivity index (χ0v) is 20.1. The SMILES string of the molecule is CCOC(=O)C1CCCN(CC(=O)Nc2cc(OCC)c(N3CCOCC3)cc2OCC)C1. The van der Waals surface area contributed by atoms with Crippen molar-refractivity contribution in [2.75, 3.05) is 76.0 Å². The number of ether oxygens (including phenoxy) is 4. The molecule has 33 heavy (non-hydrogen) atoms. The quantitative estimate of drug-likeness (QED) is 0.530. The Morgan fingerprint density at radius 3 is 2.45 bits per heavy atom. The van der Waals surface area contributed by atoms with E-state index in [1.807, 2.05) is 37.8 Å². The molecule has 9 nitrogen and oxygen atoms in total. The molecule has 0 aromatic heterocycles. The maximum atomic E-state index is 12.9. The van der Waals surface area contributed by atoms with Gasteiger partial charge in [-0.3, -0.25) is 14.5 Å². The van der Waals surface area contributed by atoms with Crippen LogP contribution in [0.1, 0.15) is 33.6 Å². The number of benzene rings is 1. The lowest BCUT2D eigenvalue weighted by Crippen LogP contribution is -2.43. The van der Waals surface area contributed by atoms with Gasteiger partial charge in [0.15, 0.2) is 0 Å². The van der Waals surface area contributed by atoms with E-state index in [1.54, 1.807) is 0 Å². The van der Waals surface area contributed by atoms with E-state index in [2.05, 4.69) is 10.2 Å². The molecule has 2 saturated heterocycles. The van der Waals surface area contributed by atoms with Gasteiger partial charge in [0.05, 0.1) is 56.9 Å². The summed E-state index contributed by atoms with van der Waals surface area (Å²) in [4.78, 5) is 29.2. The molecule has 1 atom stereocenters. The van der Waals surface area contributed by atoms with Crippen molar-refractivity contribution in [2.24, 2.45) is 5.92 Å². The number of amides is 1. The number of morpholine rings is 1. The van der Waals surface area contributed by atoms with Crippen LogP contribution in [0, 0.1) is 5.92 Å². The summed E-state index contributed by atoms with van der Waals surface area (Å²) in [5.41, 5.74) is 1.52. The molecule has 2 heterocycles. The molecule has 2 aliphatic rings. The van der Waals surface area contributed by atoms with Crippen LogP contribution in [0.2, 0.25) is 0 Å². The van der Waals surface area contributed by atoms with Crippen LogP contribution in [0.25, 0.3) is 0 Å². The van der Waals surface area contributed by atoms with Crippen molar-refractivity contribution in [3.05, 3.63) is 12.1 Å². The molecule has 1 aromatic carbocycles. The first-order chi connectivity index (χ1) is 16.0. The molecule has 2 fully saturated rings. The van der Waals surface area contributed by atoms with Crippen LogP contribution in [0.4, 0.5) is 11.4 Å². The largest absolute Gasteiger partial charge is 0.492 e. The highest BCUT2D eigenvalue weighted by molar-refractivity contribution is 5.94. The van der Waals surface area contributed by atoms with Crippen LogP contribution in [-0.4, -0.2) is 82.5 Å². The lowest BCUT2D eigenvalue weighted by atomic mass is 9.98. The maximum absolute atomic E-state index is 12.9. The normalized spacial score (nSPS) is 19.1. The van der Waals surface area contributed by atoms with Gasteiger partial charge in [-0.2, -0.15) is 0 Å². The fraction of sp³-hybridized carbons (Fsp3) is 0.667. The van der Waals surface area contributed by atoms with Crippen LogP contribution in [0.15, 0.2) is 12.1 Å². The number of likely N-dealkylation sites (tertiary alicyclic amines) is 1. The second-order valence-corrected chi connectivity index (χ2v) is 8.16. The van der Waals surface area contributed by atoms with Gasteiger partial charge in [-0.25, -0.2) is 0 Å². The van der Waals surface area contributed by atoms with Crippen LogP contribution >= 0.6 is 0 Å². The average Bonchev–Trinajstić information content (AvgIpc) is 2.82. The summed E-state index contributed by atoms with van der Waals surface area (Å²) < 4.78 is 22.4. The molecule has 0 aliphatic carbocycles. The van der Waals surface area contributed by atoms with Gasteiger partial charge in [0.2, 0.25) is 5.91 Å². The number of carbonyl (C=O) groups excluding carboxylic acids is 2. The number of piperidine rings is 1. The third kappa shape index (κ3) is 6.98. The maximum Gasteiger partial charge on any atom is 0.310 e. The monoisotopic (exact) mass is 463 g/mol. The van der Waals surface area contributed by atoms with Gasteiger partial charge in [0.25, 0.3) is 0 Å². The van der Waals surface area contributed by atoms with Crippen molar-refractivity contribution in [2.45, 2.75) is 33.6 Å². The summed E-state index contributed by atoms with van der Waals surface area (Å²) in [6.07, 6.45) is 1.66. The Morgan fingerprint density at radius 1 is 1.03 bits per heavy atom. The second-order valence-electron chi connectivity index (χ2n) is 8.16. The topological polar surface area (TPSA) is 89.6 Å². The number of rotatable bonds is 10. The predicted octanol–water partition coefficient (Wildman–Crippen LogP) is 2.53. The molecular formula is C24H37N3O6. The molecule has 184 valence electrons. The van der Waals surface area contributed by atoms with Gasteiger partial charge >= 0.3 is 5.97 Å². The van der Waals surface area contributed by atoms with Gasteiger partial charge < -0.3 is 29.2 Å². The van der Waals surface area contributed by atoms with Gasteiger partial charge in [0.1, 0.15) is 11.5 Å². The molecule has 1 unspecified atom stereocenters. The highest BCUT2D eigenvalue weighted by Gasteiger charge is 2.28. The summed E-state index contributed by atoms with van der Waals surface area (Å²) in [5, 5.41) is 3.00. The smallest absolute Gasteiger partial charge is 0.310 e.